The lowest BCUT2D eigenvalue weighted by atomic mass is 10.1. The number of nitrogens with two attached hydrogens (primary N) is 1. The molecule has 0 saturated heterocycles. The van der Waals surface area contributed by atoms with Crippen LogP contribution in [0, 0.1) is 0 Å². The van der Waals surface area contributed by atoms with Gasteiger partial charge in [0.05, 0.1) is 4.88 Å². The number of primary amides is 1. The molecule has 1 aromatic heterocycles. The van der Waals surface area contributed by atoms with Crippen molar-refractivity contribution in [2.24, 2.45) is 5.73 Å². The minimum absolute atomic E-state index is 0.142. The normalized spacial score (nSPS) is 10.3. The van der Waals surface area contributed by atoms with Crippen LogP contribution in [0.3, 0.4) is 0 Å². The zero-order chi connectivity index (χ0) is 21.0. The molecule has 0 aliphatic carbocycles. The summed E-state index contributed by atoms with van der Waals surface area (Å²) in [5, 5.41) is 13.3. The van der Waals surface area contributed by atoms with Gasteiger partial charge in [-0.15, -0.1) is 5.10 Å². The number of hydrogen-bond donors (Lipinski definition) is 4. The highest BCUT2D eigenvalue weighted by atomic mass is 35.5. The highest BCUT2D eigenvalue weighted by Crippen LogP contribution is 2.27. The Bertz CT molecular complexity index is 1080. The number of carbonyl (C=O) groups excluding carboxylic acids is 2. The van der Waals surface area contributed by atoms with Gasteiger partial charge in [0.1, 0.15) is 0 Å². The quantitative estimate of drug-likeness (QED) is 0.440. The van der Waals surface area contributed by atoms with Gasteiger partial charge >= 0.3 is 0 Å². The van der Waals surface area contributed by atoms with Gasteiger partial charge in [-0.25, -0.2) is 0 Å². The van der Waals surface area contributed by atoms with Crippen molar-refractivity contribution in [3.05, 3.63) is 53.2 Å². The van der Waals surface area contributed by atoms with Crippen LogP contribution >= 0.6 is 35.4 Å². The molecule has 0 radical (unpaired) electrons. The summed E-state index contributed by atoms with van der Waals surface area (Å²) in [6.45, 7) is 1.42. The average Bonchev–Trinajstić information content (AvgIpc) is 3.11. The topological polar surface area (TPSA) is 122 Å². The van der Waals surface area contributed by atoms with Gasteiger partial charge in [-0.2, -0.15) is 0 Å². The molecule has 0 saturated carbocycles. The summed E-state index contributed by atoms with van der Waals surface area (Å²) in [5.41, 5.74) is 8.13. The van der Waals surface area contributed by atoms with Crippen LogP contribution in [0.25, 0.3) is 10.4 Å². The molecule has 0 bridgehead atoms. The first-order valence-electron chi connectivity index (χ1n) is 8.20. The Kier molecular flexibility index (Phi) is 6.37. The number of amides is 2. The number of benzene rings is 2. The fourth-order valence-corrected chi connectivity index (χ4v) is 3.62. The highest BCUT2D eigenvalue weighted by molar-refractivity contribution is 7.80. The Hall–Kier alpha value is -3.08. The number of halogens is 1. The lowest BCUT2D eigenvalue weighted by Crippen LogP contribution is -2.19. The lowest BCUT2D eigenvalue weighted by Gasteiger charge is -2.13. The van der Waals surface area contributed by atoms with E-state index >= 15 is 0 Å². The van der Waals surface area contributed by atoms with E-state index < -0.39 is 5.91 Å². The number of nitrogens with zero attached hydrogens (tertiary/aromatic N) is 2. The van der Waals surface area contributed by atoms with Crippen LogP contribution in [0.15, 0.2) is 42.5 Å². The van der Waals surface area contributed by atoms with Gasteiger partial charge in [-0.1, -0.05) is 28.2 Å². The zero-order valence-corrected chi connectivity index (χ0v) is 17.4. The van der Waals surface area contributed by atoms with Crippen molar-refractivity contribution in [2.75, 3.05) is 16.0 Å². The predicted octanol–water partition coefficient (Wildman–Crippen LogP) is 3.72. The minimum atomic E-state index is -0.624. The highest BCUT2D eigenvalue weighted by Gasteiger charge is 2.15. The molecule has 0 fully saturated rings. The van der Waals surface area contributed by atoms with Crippen molar-refractivity contribution in [1.82, 2.24) is 9.59 Å². The summed E-state index contributed by atoms with van der Waals surface area (Å²) in [7, 11) is 0. The number of nitrogens with one attached hydrogen (secondary N) is 3. The van der Waals surface area contributed by atoms with E-state index in [-0.39, 0.29) is 11.6 Å². The van der Waals surface area contributed by atoms with Gasteiger partial charge < -0.3 is 21.7 Å². The van der Waals surface area contributed by atoms with E-state index in [9.17, 15) is 9.59 Å². The smallest absolute Gasteiger partial charge is 0.270 e. The molecule has 3 rings (SSSR count). The SMILES string of the molecule is CC(=O)Nc1cc(Cl)cc(NC(=S)Nc2ccc(-c3snnc3C(N)=O)cc2)c1. The minimum Gasteiger partial charge on any atom is -0.364 e. The van der Waals surface area contributed by atoms with Gasteiger partial charge in [0.2, 0.25) is 5.91 Å². The fraction of sp³-hybridized carbons (Fsp3) is 0.0556. The molecular formula is C18H15ClN6O2S2. The van der Waals surface area contributed by atoms with E-state index in [4.69, 9.17) is 29.6 Å². The van der Waals surface area contributed by atoms with Crippen LogP contribution in [-0.2, 0) is 4.79 Å². The molecule has 0 spiro atoms. The Labute approximate surface area is 180 Å². The van der Waals surface area contributed by atoms with Gasteiger partial charge in [0, 0.05) is 29.0 Å². The second-order valence-electron chi connectivity index (χ2n) is 5.88. The molecule has 5 N–H and O–H groups in total. The number of carbonyl (C=O) groups is 2. The third-order valence-corrected chi connectivity index (χ3v) is 4.80. The van der Waals surface area contributed by atoms with Gasteiger partial charge in [-0.05, 0) is 59.6 Å². The molecule has 0 aliphatic rings. The maximum atomic E-state index is 11.4. The average molecular weight is 447 g/mol. The second-order valence-corrected chi connectivity index (χ2v) is 7.48. The van der Waals surface area contributed by atoms with Crippen molar-refractivity contribution >= 4 is 69.3 Å². The first-order chi connectivity index (χ1) is 13.8. The molecule has 2 amide bonds. The lowest BCUT2D eigenvalue weighted by molar-refractivity contribution is -0.114. The van der Waals surface area contributed by atoms with Gasteiger partial charge in [-0.3, -0.25) is 9.59 Å². The molecule has 8 nitrogen and oxygen atoms in total. The van der Waals surface area contributed by atoms with Crippen molar-refractivity contribution in [1.29, 1.82) is 0 Å². The second kappa shape index (κ2) is 8.95. The molecule has 148 valence electrons. The van der Waals surface area contributed by atoms with Crippen LogP contribution in [0.4, 0.5) is 17.1 Å². The van der Waals surface area contributed by atoms with E-state index in [1.54, 1.807) is 42.5 Å². The molecule has 1 heterocycles. The number of rotatable bonds is 5. The van der Waals surface area contributed by atoms with E-state index in [0.29, 0.717) is 26.4 Å². The van der Waals surface area contributed by atoms with Crippen LogP contribution < -0.4 is 21.7 Å². The third kappa shape index (κ3) is 5.47. The van der Waals surface area contributed by atoms with Gasteiger partial charge in [0.15, 0.2) is 10.8 Å². The molecule has 29 heavy (non-hydrogen) atoms. The van der Waals surface area contributed by atoms with E-state index in [1.165, 1.54) is 6.92 Å². The maximum Gasteiger partial charge on any atom is 0.270 e. The third-order valence-electron chi connectivity index (χ3n) is 3.60. The molecular weight excluding hydrogens is 432 g/mol. The van der Waals surface area contributed by atoms with Crippen molar-refractivity contribution < 1.29 is 9.59 Å². The molecule has 2 aromatic carbocycles. The van der Waals surface area contributed by atoms with Crippen molar-refractivity contribution in [3.8, 4) is 10.4 Å². The molecule has 3 aromatic rings. The number of aromatic nitrogens is 2. The van der Waals surface area contributed by atoms with E-state index in [0.717, 1.165) is 22.8 Å². The summed E-state index contributed by atoms with van der Waals surface area (Å²) >= 11 is 12.5. The number of thiocarbonyl (C=S) groups is 1. The maximum absolute atomic E-state index is 11.4. The first kappa shape index (κ1) is 20.6. The number of anilines is 3. The van der Waals surface area contributed by atoms with Gasteiger partial charge in [0.25, 0.3) is 5.91 Å². The summed E-state index contributed by atoms with van der Waals surface area (Å²) in [5.74, 6) is -0.823. The Morgan fingerprint density at radius 2 is 1.66 bits per heavy atom. The predicted molar refractivity (Wildman–Crippen MR) is 119 cm³/mol. The molecule has 11 heteroatoms. The zero-order valence-electron chi connectivity index (χ0n) is 15.0. The van der Waals surface area contributed by atoms with E-state index in [2.05, 4.69) is 25.5 Å². The molecule has 0 atom stereocenters. The van der Waals surface area contributed by atoms with Crippen LogP contribution in [0.5, 0.6) is 0 Å². The first-order valence-corrected chi connectivity index (χ1v) is 9.76. The summed E-state index contributed by atoms with van der Waals surface area (Å²) in [6.07, 6.45) is 0. The molecule has 0 unspecified atom stereocenters. The van der Waals surface area contributed by atoms with Crippen LogP contribution in [-0.4, -0.2) is 26.5 Å². The van der Waals surface area contributed by atoms with E-state index in [1.807, 2.05) is 0 Å². The summed E-state index contributed by atoms with van der Waals surface area (Å²) < 4.78 is 3.78. The van der Waals surface area contributed by atoms with Crippen molar-refractivity contribution in [2.45, 2.75) is 6.92 Å². The summed E-state index contributed by atoms with van der Waals surface area (Å²) in [4.78, 5) is 23.2. The number of hydrogen-bond acceptors (Lipinski definition) is 6. The fourth-order valence-electron chi connectivity index (χ4n) is 2.48. The standard InChI is InChI=1S/C18H15ClN6O2S2/c1-9(26)21-13-6-11(19)7-14(8-13)23-18(28)22-12-4-2-10(3-5-12)16-15(17(20)27)24-25-29-16/h2-8H,1H3,(H2,20,27)(H,21,26)(H2,22,23,28). The van der Waals surface area contributed by atoms with Crippen LogP contribution in [0.1, 0.15) is 17.4 Å². The Balaban J connectivity index is 1.68. The Morgan fingerprint density at radius 3 is 2.28 bits per heavy atom. The van der Waals surface area contributed by atoms with Crippen molar-refractivity contribution in [3.63, 3.8) is 0 Å². The largest absolute Gasteiger partial charge is 0.364 e. The molecule has 0 aliphatic heterocycles. The summed E-state index contributed by atoms with van der Waals surface area (Å²) in [6, 6.07) is 12.3. The monoisotopic (exact) mass is 446 g/mol. The Morgan fingerprint density at radius 1 is 1.03 bits per heavy atom. The van der Waals surface area contributed by atoms with Crippen LogP contribution in [0.2, 0.25) is 5.02 Å².